The summed E-state index contributed by atoms with van der Waals surface area (Å²) in [5.74, 6) is 0.696. The van der Waals surface area contributed by atoms with Crippen molar-refractivity contribution in [1.29, 1.82) is 0 Å². The molecule has 1 aromatic carbocycles. The third-order valence-corrected chi connectivity index (χ3v) is 5.17. The van der Waals surface area contributed by atoms with Crippen molar-refractivity contribution in [3.8, 4) is 11.3 Å². The van der Waals surface area contributed by atoms with Crippen molar-refractivity contribution < 1.29 is 0 Å². The number of nitrogens with zero attached hydrogens (tertiary/aromatic N) is 4. The van der Waals surface area contributed by atoms with Crippen molar-refractivity contribution in [2.45, 2.75) is 11.0 Å². The van der Waals surface area contributed by atoms with E-state index in [1.165, 1.54) is 5.56 Å². The second-order valence-electron chi connectivity index (χ2n) is 5.75. The van der Waals surface area contributed by atoms with Crippen LogP contribution in [-0.2, 0) is 11.0 Å². The molecular formula is C19H15ClIN5. The van der Waals surface area contributed by atoms with Gasteiger partial charge in [0.25, 0.3) is 0 Å². The average Bonchev–Trinajstić information content (AvgIpc) is 3.08. The predicted octanol–water partition coefficient (Wildman–Crippen LogP) is 4.99. The third kappa shape index (κ3) is 3.39. The fourth-order valence-electron chi connectivity index (χ4n) is 2.78. The van der Waals surface area contributed by atoms with Crippen molar-refractivity contribution in [1.82, 2.24) is 19.4 Å². The van der Waals surface area contributed by atoms with E-state index in [0.29, 0.717) is 23.2 Å². The minimum atomic E-state index is 0.556. The second kappa shape index (κ2) is 7.59. The average molecular weight is 476 g/mol. The summed E-state index contributed by atoms with van der Waals surface area (Å²) in [6.45, 7) is 0.609. The van der Waals surface area contributed by atoms with Crippen LogP contribution in [0.1, 0.15) is 11.1 Å². The molecule has 0 fully saturated rings. The highest BCUT2D eigenvalue weighted by molar-refractivity contribution is 14.1. The molecule has 0 aliphatic heterocycles. The summed E-state index contributed by atoms with van der Waals surface area (Å²) in [5, 5.41) is 3.93. The zero-order valence-electron chi connectivity index (χ0n) is 13.7. The van der Waals surface area contributed by atoms with Crippen molar-refractivity contribution >= 4 is 45.7 Å². The fourth-order valence-corrected chi connectivity index (χ4v) is 3.63. The topological polar surface area (TPSA) is 55.1 Å². The Hall–Kier alpha value is -2.19. The smallest absolute Gasteiger partial charge is 0.181 e. The van der Waals surface area contributed by atoms with Gasteiger partial charge in [0.05, 0.1) is 11.9 Å². The fraction of sp³-hybridized carbons (Fsp3) is 0.105. The lowest BCUT2D eigenvalue weighted by Crippen LogP contribution is -2.06. The van der Waals surface area contributed by atoms with Crippen molar-refractivity contribution in [3.05, 3.63) is 77.5 Å². The number of nitrogens with one attached hydrogen (secondary N) is 1. The summed E-state index contributed by atoms with van der Waals surface area (Å²) in [5.41, 5.74) is 4.96. The number of alkyl halides is 1. The first kappa shape index (κ1) is 17.2. The largest absolute Gasteiger partial charge is 0.363 e. The lowest BCUT2D eigenvalue weighted by atomic mass is 10.1. The molecule has 0 saturated heterocycles. The normalized spacial score (nSPS) is 11.0. The molecule has 0 aliphatic carbocycles. The van der Waals surface area contributed by atoms with Crippen molar-refractivity contribution in [3.63, 3.8) is 0 Å². The van der Waals surface area contributed by atoms with Crippen molar-refractivity contribution in [2.24, 2.45) is 0 Å². The monoisotopic (exact) mass is 475 g/mol. The lowest BCUT2D eigenvalue weighted by Gasteiger charge is -2.12. The Morgan fingerprint density at radius 3 is 2.81 bits per heavy atom. The highest BCUT2D eigenvalue weighted by Gasteiger charge is 2.13. The molecule has 4 aromatic rings. The molecule has 0 saturated carbocycles. The van der Waals surface area contributed by atoms with E-state index in [0.717, 1.165) is 21.2 Å². The van der Waals surface area contributed by atoms with Gasteiger partial charge in [0.2, 0.25) is 0 Å². The summed E-state index contributed by atoms with van der Waals surface area (Å²) in [7, 11) is 0. The predicted molar refractivity (Wildman–Crippen MR) is 113 cm³/mol. The molecule has 0 bridgehead atoms. The molecule has 0 amide bonds. The van der Waals surface area contributed by atoms with Crippen LogP contribution in [0.5, 0.6) is 0 Å². The summed E-state index contributed by atoms with van der Waals surface area (Å²) < 4.78 is 2.77. The van der Waals surface area contributed by atoms with Gasteiger partial charge in [-0.2, -0.15) is 0 Å². The quantitative estimate of drug-likeness (QED) is 0.326. The van der Waals surface area contributed by atoms with Crippen LogP contribution in [0, 0.1) is 0 Å². The summed E-state index contributed by atoms with van der Waals surface area (Å²) in [6.07, 6.45) is 7.17. The maximum atomic E-state index is 6.33. The maximum Gasteiger partial charge on any atom is 0.181 e. The Balaban J connectivity index is 1.79. The maximum absolute atomic E-state index is 6.33. The number of imidazole rings is 1. The number of halogens is 2. The molecular weight excluding hydrogens is 461 g/mol. The molecule has 0 aliphatic rings. The molecule has 26 heavy (non-hydrogen) atoms. The second-order valence-corrected chi connectivity index (χ2v) is 6.90. The highest BCUT2D eigenvalue weighted by Crippen LogP contribution is 2.28. The van der Waals surface area contributed by atoms with Gasteiger partial charge >= 0.3 is 0 Å². The van der Waals surface area contributed by atoms with Crippen LogP contribution in [0.25, 0.3) is 16.9 Å². The summed E-state index contributed by atoms with van der Waals surface area (Å²) in [4.78, 5) is 13.4. The van der Waals surface area contributed by atoms with Crippen LogP contribution < -0.4 is 5.32 Å². The van der Waals surface area contributed by atoms with E-state index in [4.69, 9.17) is 16.6 Å². The number of anilines is 1. The van der Waals surface area contributed by atoms with Gasteiger partial charge in [-0.15, -0.1) is 0 Å². The van der Waals surface area contributed by atoms with Crippen LogP contribution in [-0.4, -0.2) is 19.4 Å². The number of hydrogen-bond acceptors (Lipinski definition) is 4. The van der Waals surface area contributed by atoms with Gasteiger partial charge in [-0.3, -0.25) is 9.38 Å². The molecule has 0 atom stereocenters. The van der Waals surface area contributed by atoms with Gasteiger partial charge in [0.1, 0.15) is 5.15 Å². The lowest BCUT2D eigenvalue weighted by molar-refractivity contribution is 1.06. The highest BCUT2D eigenvalue weighted by atomic mass is 127. The zero-order chi connectivity index (χ0) is 17.9. The Morgan fingerprint density at radius 1 is 1.12 bits per heavy atom. The first-order valence-electron chi connectivity index (χ1n) is 8.07. The van der Waals surface area contributed by atoms with Crippen molar-refractivity contribution in [2.75, 3.05) is 5.32 Å². The molecule has 0 radical (unpaired) electrons. The molecule has 130 valence electrons. The molecule has 7 heteroatoms. The minimum Gasteiger partial charge on any atom is -0.363 e. The van der Waals surface area contributed by atoms with Gasteiger partial charge in [-0.1, -0.05) is 64.5 Å². The van der Waals surface area contributed by atoms with Gasteiger partial charge in [0.15, 0.2) is 11.5 Å². The van der Waals surface area contributed by atoms with E-state index in [1.54, 1.807) is 12.4 Å². The van der Waals surface area contributed by atoms with Gasteiger partial charge in [-0.05, 0) is 17.2 Å². The van der Waals surface area contributed by atoms with Gasteiger partial charge in [0, 0.05) is 35.1 Å². The van der Waals surface area contributed by atoms with E-state index >= 15 is 0 Å². The minimum absolute atomic E-state index is 0.556. The molecule has 4 rings (SSSR count). The van der Waals surface area contributed by atoms with E-state index in [2.05, 4.69) is 50.0 Å². The Morgan fingerprint density at radius 2 is 2.00 bits per heavy atom. The number of rotatable bonds is 5. The zero-order valence-corrected chi connectivity index (χ0v) is 16.6. The molecule has 0 unspecified atom stereocenters. The molecule has 3 heterocycles. The Bertz CT molecular complexity index is 1050. The summed E-state index contributed by atoms with van der Waals surface area (Å²) in [6, 6.07) is 12.2. The van der Waals surface area contributed by atoms with E-state index in [1.807, 2.05) is 41.1 Å². The third-order valence-electron chi connectivity index (χ3n) is 4.07. The van der Waals surface area contributed by atoms with Crippen LogP contribution in [0.15, 0.2) is 61.2 Å². The van der Waals surface area contributed by atoms with Gasteiger partial charge in [-0.25, -0.2) is 9.97 Å². The number of aromatic nitrogens is 4. The van der Waals surface area contributed by atoms with E-state index in [9.17, 15) is 0 Å². The number of hydrogen-bond donors (Lipinski definition) is 1. The van der Waals surface area contributed by atoms with Gasteiger partial charge < -0.3 is 5.32 Å². The Kier molecular flexibility index (Phi) is 5.03. The van der Waals surface area contributed by atoms with Crippen LogP contribution >= 0.6 is 34.2 Å². The number of pyridine rings is 1. The Labute approximate surface area is 169 Å². The van der Waals surface area contributed by atoms with E-state index in [-0.39, 0.29) is 0 Å². The number of fused-ring (bicyclic) bond motifs is 1. The molecule has 5 nitrogen and oxygen atoms in total. The molecule has 1 N–H and O–H groups in total. The van der Waals surface area contributed by atoms with Crippen LogP contribution in [0.3, 0.4) is 0 Å². The first-order chi connectivity index (χ1) is 12.8. The first-order valence-corrected chi connectivity index (χ1v) is 9.97. The molecule has 0 spiro atoms. The number of benzene rings is 1. The van der Waals surface area contributed by atoms with Crippen LogP contribution in [0.4, 0.5) is 5.82 Å². The molecule has 3 aromatic heterocycles. The van der Waals surface area contributed by atoms with Crippen LogP contribution in [0.2, 0.25) is 5.15 Å². The van der Waals surface area contributed by atoms with E-state index < -0.39 is 0 Å². The summed E-state index contributed by atoms with van der Waals surface area (Å²) >= 11 is 8.69. The SMILES string of the molecule is Clc1cnc2c(NCc3cccnc3)nc(-c3ccccc3CI)cn12. The standard InChI is InChI=1S/C19H15ClIN5/c20-17-11-24-19-18(23-10-13-4-3-7-22-9-13)25-16(12-26(17)19)15-6-2-1-5-14(15)8-21/h1-7,9,11-12H,8,10H2,(H,23,25).